The van der Waals surface area contributed by atoms with Crippen molar-refractivity contribution >= 4 is 5.70 Å². The second kappa shape index (κ2) is 5.44. The van der Waals surface area contributed by atoms with E-state index in [9.17, 15) is 0 Å². The lowest BCUT2D eigenvalue weighted by Gasteiger charge is -2.58. The number of hydrogen-bond acceptors (Lipinski definition) is 5. The Balaban J connectivity index is 1.66. The highest BCUT2D eigenvalue weighted by atomic mass is 15.3. The Bertz CT molecular complexity index is 670. The van der Waals surface area contributed by atoms with Crippen molar-refractivity contribution in [2.45, 2.75) is 46.6 Å². The van der Waals surface area contributed by atoms with Gasteiger partial charge in [0.1, 0.15) is 5.82 Å². The van der Waals surface area contributed by atoms with Crippen LogP contribution in [0.3, 0.4) is 0 Å². The molecular formula is C17H24N6. The second-order valence-corrected chi connectivity index (χ2v) is 7.74. The highest BCUT2D eigenvalue weighted by Crippen LogP contribution is 2.54. The Hall–Kier alpha value is -2.24. The second-order valence-electron chi connectivity index (χ2n) is 7.74. The maximum atomic E-state index is 4.40. The molecule has 2 aromatic rings. The normalized spacial score (nSPS) is 19.1. The summed E-state index contributed by atoms with van der Waals surface area (Å²) in [4.78, 5) is 8.81. The molecule has 0 aromatic carbocycles. The predicted molar refractivity (Wildman–Crippen MR) is 89.4 cm³/mol. The molecule has 1 fully saturated rings. The van der Waals surface area contributed by atoms with Gasteiger partial charge in [0.05, 0.1) is 18.3 Å². The molecule has 0 spiro atoms. The molecule has 0 atom stereocenters. The van der Waals surface area contributed by atoms with Crippen LogP contribution in [0.1, 0.15) is 51.2 Å². The number of nitrogens with one attached hydrogen (secondary N) is 2. The van der Waals surface area contributed by atoms with Gasteiger partial charge in [0.15, 0.2) is 0 Å². The van der Waals surface area contributed by atoms with Gasteiger partial charge in [0, 0.05) is 29.7 Å². The number of aromatic nitrogens is 5. The summed E-state index contributed by atoms with van der Waals surface area (Å²) in [6.45, 7) is 13.3. The van der Waals surface area contributed by atoms with Crippen LogP contribution in [0.2, 0.25) is 0 Å². The summed E-state index contributed by atoms with van der Waals surface area (Å²) in [5, 5.41) is 14.0. The number of hydrogen-bond donors (Lipinski definition) is 2. The number of rotatable bonds is 5. The van der Waals surface area contributed by atoms with Gasteiger partial charge in [-0.15, -0.1) is 0 Å². The molecule has 0 amide bonds. The van der Waals surface area contributed by atoms with Crippen LogP contribution < -0.4 is 5.32 Å². The van der Waals surface area contributed by atoms with Gasteiger partial charge in [0.25, 0.3) is 0 Å². The molecule has 0 saturated heterocycles. The molecule has 0 radical (unpaired) electrons. The molecule has 0 bridgehead atoms. The van der Waals surface area contributed by atoms with Gasteiger partial charge in [-0.05, 0) is 17.3 Å². The van der Waals surface area contributed by atoms with Crippen molar-refractivity contribution in [3.63, 3.8) is 0 Å². The number of H-pyrrole nitrogens is 1. The van der Waals surface area contributed by atoms with Crippen LogP contribution in [-0.4, -0.2) is 31.4 Å². The molecule has 0 aliphatic heterocycles. The van der Waals surface area contributed by atoms with Gasteiger partial charge in [-0.25, -0.2) is 9.97 Å². The lowest BCUT2D eigenvalue weighted by molar-refractivity contribution is -0.0313. The van der Waals surface area contributed by atoms with Gasteiger partial charge in [-0.2, -0.15) is 15.4 Å². The molecule has 6 heteroatoms. The van der Waals surface area contributed by atoms with Crippen LogP contribution in [-0.2, 0) is 6.42 Å². The maximum Gasteiger partial charge on any atom is 0.134 e. The largest absolute Gasteiger partial charge is 0.381 e. The minimum atomic E-state index is 0.278. The first-order chi connectivity index (χ1) is 10.8. The maximum absolute atomic E-state index is 4.40. The summed E-state index contributed by atoms with van der Waals surface area (Å²) in [5.74, 6) is 0.722. The molecule has 1 aliphatic carbocycles. The molecule has 6 nitrogen and oxygen atoms in total. The molecule has 122 valence electrons. The highest BCUT2D eigenvalue weighted by molar-refractivity contribution is 5.60. The number of nitrogens with zero attached hydrogens (tertiary/aromatic N) is 4. The Morgan fingerprint density at radius 2 is 1.87 bits per heavy atom. The fraction of sp³-hybridized carbons (Fsp3) is 0.529. The summed E-state index contributed by atoms with van der Waals surface area (Å²) in [6, 6.07) is 0.400. The Labute approximate surface area is 136 Å². The molecule has 3 rings (SSSR count). The first kappa shape index (κ1) is 15.6. The fourth-order valence-electron chi connectivity index (χ4n) is 4.03. The molecule has 2 aromatic heterocycles. The van der Waals surface area contributed by atoms with Crippen molar-refractivity contribution in [2.75, 3.05) is 0 Å². The van der Waals surface area contributed by atoms with Crippen molar-refractivity contribution in [3.05, 3.63) is 42.3 Å². The highest BCUT2D eigenvalue weighted by Gasteiger charge is 2.52. The van der Waals surface area contributed by atoms with Crippen molar-refractivity contribution in [1.82, 2.24) is 30.7 Å². The van der Waals surface area contributed by atoms with Crippen LogP contribution in [0.15, 0.2) is 25.2 Å². The molecule has 2 heterocycles. The Morgan fingerprint density at radius 3 is 2.39 bits per heavy atom. The molecular weight excluding hydrogens is 288 g/mol. The average Bonchev–Trinajstić information content (AvgIpc) is 2.97. The van der Waals surface area contributed by atoms with E-state index < -0.39 is 0 Å². The van der Waals surface area contributed by atoms with Crippen molar-refractivity contribution in [2.24, 2.45) is 10.8 Å². The van der Waals surface area contributed by atoms with Gasteiger partial charge < -0.3 is 5.32 Å². The van der Waals surface area contributed by atoms with Crippen molar-refractivity contribution in [3.8, 4) is 0 Å². The van der Waals surface area contributed by atoms with Gasteiger partial charge >= 0.3 is 0 Å². The van der Waals surface area contributed by atoms with E-state index in [0.29, 0.717) is 12.5 Å². The van der Waals surface area contributed by atoms with Gasteiger partial charge in [-0.1, -0.05) is 34.3 Å². The minimum absolute atomic E-state index is 0.278. The minimum Gasteiger partial charge on any atom is -0.381 e. The van der Waals surface area contributed by atoms with E-state index in [1.54, 1.807) is 6.20 Å². The summed E-state index contributed by atoms with van der Waals surface area (Å²) in [7, 11) is 0. The molecule has 0 unspecified atom stereocenters. The van der Waals surface area contributed by atoms with E-state index in [-0.39, 0.29) is 10.8 Å². The summed E-state index contributed by atoms with van der Waals surface area (Å²) in [6.07, 6.45) is 7.09. The fourth-order valence-corrected chi connectivity index (χ4v) is 4.03. The van der Waals surface area contributed by atoms with E-state index in [1.165, 1.54) is 6.42 Å². The van der Waals surface area contributed by atoms with E-state index in [2.05, 4.69) is 65.0 Å². The van der Waals surface area contributed by atoms with Crippen LogP contribution in [0.5, 0.6) is 0 Å². The molecule has 2 N–H and O–H groups in total. The third kappa shape index (κ3) is 3.11. The Morgan fingerprint density at radius 1 is 1.22 bits per heavy atom. The van der Waals surface area contributed by atoms with E-state index in [4.69, 9.17) is 0 Å². The molecule has 1 saturated carbocycles. The van der Waals surface area contributed by atoms with Crippen LogP contribution in [0.25, 0.3) is 5.70 Å². The quantitative estimate of drug-likeness (QED) is 0.887. The zero-order chi connectivity index (χ0) is 16.7. The summed E-state index contributed by atoms with van der Waals surface area (Å²) < 4.78 is 0. The van der Waals surface area contributed by atoms with E-state index >= 15 is 0 Å². The topological polar surface area (TPSA) is 79.4 Å². The standard InChI is InChI=1S/C17H24N6/c1-11(21-15-16(2,3)10-17(15,4)5)12-7-18-14(19-8-12)6-13-9-20-23-22-13/h7-9,15,21H,1,6,10H2,2-5H3,(H,20,22,23). The Kier molecular flexibility index (Phi) is 3.70. The monoisotopic (exact) mass is 312 g/mol. The molecule has 23 heavy (non-hydrogen) atoms. The third-order valence-electron chi connectivity index (χ3n) is 4.65. The summed E-state index contributed by atoms with van der Waals surface area (Å²) >= 11 is 0. The predicted octanol–water partition coefficient (Wildman–Crippen LogP) is 2.57. The SMILES string of the molecule is C=C(NC1C(C)(C)CC1(C)C)c1cnc(Cc2cn[nH]n2)nc1. The smallest absolute Gasteiger partial charge is 0.134 e. The zero-order valence-electron chi connectivity index (χ0n) is 14.2. The van der Waals surface area contributed by atoms with Gasteiger partial charge in [-0.3, -0.25) is 0 Å². The van der Waals surface area contributed by atoms with Crippen LogP contribution in [0.4, 0.5) is 0 Å². The van der Waals surface area contributed by atoms with E-state index in [1.807, 2.05) is 12.4 Å². The van der Waals surface area contributed by atoms with E-state index in [0.717, 1.165) is 22.8 Å². The number of aromatic amines is 1. The zero-order valence-corrected chi connectivity index (χ0v) is 14.2. The lowest BCUT2D eigenvalue weighted by Crippen LogP contribution is -2.61. The van der Waals surface area contributed by atoms with Crippen molar-refractivity contribution < 1.29 is 0 Å². The lowest BCUT2D eigenvalue weighted by atomic mass is 9.52. The van der Waals surface area contributed by atoms with Crippen molar-refractivity contribution in [1.29, 1.82) is 0 Å². The summed E-state index contributed by atoms with van der Waals surface area (Å²) in [5.41, 5.74) is 3.18. The van der Waals surface area contributed by atoms with Gasteiger partial charge in [0.2, 0.25) is 0 Å². The van der Waals surface area contributed by atoms with Crippen LogP contribution >= 0.6 is 0 Å². The van der Waals surface area contributed by atoms with Crippen LogP contribution in [0, 0.1) is 10.8 Å². The first-order valence-corrected chi connectivity index (χ1v) is 7.89. The third-order valence-corrected chi connectivity index (χ3v) is 4.65. The average molecular weight is 312 g/mol. The first-order valence-electron chi connectivity index (χ1n) is 7.89. The molecule has 1 aliphatic rings.